The van der Waals surface area contributed by atoms with E-state index in [1.54, 1.807) is 0 Å². The van der Waals surface area contributed by atoms with E-state index in [-0.39, 0.29) is 53.6 Å². The van der Waals surface area contributed by atoms with E-state index in [0.29, 0.717) is 36.0 Å². The molecule has 10 atom stereocenters. The van der Waals surface area contributed by atoms with Gasteiger partial charge in [0, 0.05) is 24.3 Å². The van der Waals surface area contributed by atoms with Gasteiger partial charge in [-0.05, 0) is 54.9 Å². The Morgan fingerprint density at radius 2 is 1.83 bits per heavy atom. The largest absolute Gasteiger partial charge is 0.490 e. The van der Waals surface area contributed by atoms with Gasteiger partial charge in [0.2, 0.25) is 0 Å². The van der Waals surface area contributed by atoms with Gasteiger partial charge in [-0.25, -0.2) is 0 Å². The molecule has 4 nitrogen and oxygen atoms in total. The Kier molecular flexibility index (Phi) is 13.8. The van der Waals surface area contributed by atoms with Crippen molar-refractivity contribution >= 4 is 5.78 Å². The summed E-state index contributed by atoms with van der Waals surface area (Å²) in [5, 5.41) is 0. The molecule has 2 heterocycles. The molecule has 2 aliphatic heterocycles. The standard InChI is InChI=1S/C37H61NO3/c1-12-30(13-2)28(9)35-36(41-35)32(14-3)24(5)17-16-18-25(6)34-26(7)19-20-33(29(10)38)37(11,15-4)22-21-31(39)23-27(8)40-34/h14,16-20,24,26,28-30,32-36H,3,8,12-13,15,21-23,38H2,1-2,4-7,9-11H3/b17-16+,20-19+,25-18+/t24-,26+,28-,29+,32+,33?,34-,35-,36-,37-/m1/s1. The van der Waals surface area contributed by atoms with Gasteiger partial charge >= 0.3 is 0 Å². The van der Waals surface area contributed by atoms with Gasteiger partial charge in [-0.1, -0.05) is 111 Å². The van der Waals surface area contributed by atoms with Crippen LogP contribution in [0.1, 0.15) is 101 Å². The molecule has 41 heavy (non-hydrogen) atoms. The lowest BCUT2D eigenvalue weighted by molar-refractivity contribution is -0.120. The molecule has 2 N–H and O–H groups in total. The first-order valence-electron chi connectivity index (χ1n) is 16.3. The summed E-state index contributed by atoms with van der Waals surface area (Å²) in [6, 6.07) is 0.00232. The minimum atomic E-state index is -0.209. The maximum Gasteiger partial charge on any atom is 0.140 e. The molecule has 0 spiro atoms. The molecule has 1 unspecified atom stereocenters. The van der Waals surface area contributed by atoms with E-state index in [2.05, 4.69) is 112 Å². The summed E-state index contributed by atoms with van der Waals surface area (Å²) in [6.45, 7) is 28.2. The van der Waals surface area contributed by atoms with Crippen molar-refractivity contribution in [2.45, 2.75) is 125 Å². The predicted octanol–water partition coefficient (Wildman–Crippen LogP) is 8.99. The quantitative estimate of drug-likeness (QED) is 0.145. The molecule has 0 aliphatic carbocycles. The number of ether oxygens (including phenoxy) is 2. The van der Waals surface area contributed by atoms with Crippen molar-refractivity contribution in [3.05, 3.63) is 60.9 Å². The van der Waals surface area contributed by atoms with Crippen molar-refractivity contribution in [2.24, 2.45) is 46.7 Å². The van der Waals surface area contributed by atoms with Crippen LogP contribution in [-0.2, 0) is 14.3 Å². The van der Waals surface area contributed by atoms with Gasteiger partial charge in [0.05, 0.1) is 24.4 Å². The molecule has 0 aromatic rings. The highest BCUT2D eigenvalue weighted by Crippen LogP contribution is 2.43. The Morgan fingerprint density at radius 3 is 2.39 bits per heavy atom. The highest BCUT2D eigenvalue weighted by molar-refractivity contribution is 5.80. The molecule has 1 saturated heterocycles. The number of Topliss-reactive ketones (excluding diaryl/α,β-unsaturated/α-hetero) is 1. The zero-order valence-electron chi connectivity index (χ0n) is 27.7. The van der Waals surface area contributed by atoms with Crippen molar-refractivity contribution in [1.82, 2.24) is 0 Å². The van der Waals surface area contributed by atoms with Crippen LogP contribution in [0.4, 0.5) is 0 Å². The lowest BCUT2D eigenvalue weighted by Crippen LogP contribution is -2.39. The third-order valence-electron chi connectivity index (χ3n) is 10.3. The Hall–Kier alpha value is -1.91. The van der Waals surface area contributed by atoms with Crippen LogP contribution in [0, 0.1) is 40.9 Å². The number of hydrogen-bond acceptors (Lipinski definition) is 4. The van der Waals surface area contributed by atoms with Crippen LogP contribution < -0.4 is 5.73 Å². The lowest BCUT2D eigenvalue weighted by atomic mass is 9.68. The number of nitrogens with two attached hydrogens (primary N) is 1. The van der Waals surface area contributed by atoms with Crippen molar-refractivity contribution < 1.29 is 14.3 Å². The van der Waals surface area contributed by atoms with Crippen LogP contribution in [0.2, 0.25) is 0 Å². The third kappa shape index (κ3) is 9.55. The average molecular weight is 568 g/mol. The molecule has 0 bridgehead atoms. The summed E-state index contributed by atoms with van der Waals surface area (Å²) in [5.74, 6) is 2.88. The molecule has 0 saturated carbocycles. The van der Waals surface area contributed by atoms with Gasteiger partial charge < -0.3 is 15.2 Å². The first-order valence-corrected chi connectivity index (χ1v) is 16.3. The van der Waals surface area contributed by atoms with Crippen molar-refractivity contribution in [3.63, 3.8) is 0 Å². The van der Waals surface area contributed by atoms with E-state index in [4.69, 9.17) is 15.2 Å². The van der Waals surface area contributed by atoms with Crippen LogP contribution >= 0.6 is 0 Å². The van der Waals surface area contributed by atoms with Gasteiger partial charge in [0.15, 0.2) is 0 Å². The number of carbonyl (C=O) groups is 1. The summed E-state index contributed by atoms with van der Waals surface area (Å²) >= 11 is 0. The minimum Gasteiger partial charge on any atom is -0.490 e. The van der Waals surface area contributed by atoms with E-state index in [9.17, 15) is 4.79 Å². The molecule has 0 aromatic heterocycles. The minimum absolute atomic E-state index is 0.00232. The Morgan fingerprint density at radius 1 is 1.17 bits per heavy atom. The third-order valence-corrected chi connectivity index (χ3v) is 10.3. The molecular formula is C37H61NO3. The zero-order valence-corrected chi connectivity index (χ0v) is 27.7. The summed E-state index contributed by atoms with van der Waals surface area (Å²) in [6.07, 6.45) is 18.5. The molecule has 0 amide bonds. The monoisotopic (exact) mass is 567 g/mol. The first-order chi connectivity index (χ1) is 19.3. The second-order valence-electron chi connectivity index (χ2n) is 13.4. The number of epoxide rings is 1. The van der Waals surface area contributed by atoms with Gasteiger partial charge in [0.25, 0.3) is 0 Å². The molecule has 0 aromatic carbocycles. The van der Waals surface area contributed by atoms with E-state index in [0.717, 1.165) is 18.4 Å². The van der Waals surface area contributed by atoms with Gasteiger partial charge in [-0.15, -0.1) is 6.58 Å². The first kappa shape index (κ1) is 35.3. The number of hydrogen-bond donors (Lipinski definition) is 1. The van der Waals surface area contributed by atoms with E-state index in [1.165, 1.54) is 12.8 Å². The molecule has 2 aliphatic rings. The van der Waals surface area contributed by atoms with E-state index < -0.39 is 0 Å². The normalized spacial score (nSPS) is 33.8. The smallest absolute Gasteiger partial charge is 0.140 e. The second kappa shape index (κ2) is 16.1. The van der Waals surface area contributed by atoms with Crippen LogP contribution in [0.5, 0.6) is 0 Å². The molecular weight excluding hydrogens is 506 g/mol. The Labute approximate surface area is 252 Å². The molecule has 0 radical (unpaired) electrons. The number of rotatable bonds is 12. The fourth-order valence-corrected chi connectivity index (χ4v) is 7.01. The summed E-state index contributed by atoms with van der Waals surface area (Å²) in [7, 11) is 0. The molecule has 4 heteroatoms. The summed E-state index contributed by atoms with van der Waals surface area (Å²) < 4.78 is 12.6. The highest BCUT2D eigenvalue weighted by atomic mass is 16.6. The average Bonchev–Trinajstić information content (AvgIpc) is 3.71. The van der Waals surface area contributed by atoms with Crippen LogP contribution in [0.25, 0.3) is 0 Å². The van der Waals surface area contributed by atoms with Crippen LogP contribution in [0.15, 0.2) is 60.9 Å². The maximum atomic E-state index is 12.8. The van der Waals surface area contributed by atoms with Gasteiger partial charge in [-0.2, -0.15) is 0 Å². The van der Waals surface area contributed by atoms with E-state index in [1.807, 2.05) is 0 Å². The number of allylic oxidation sites excluding steroid dienone is 4. The zero-order chi connectivity index (χ0) is 30.9. The number of carbonyl (C=O) groups excluding carboxylic acids is 1. The summed E-state index contributed by atoms with van der Waals surface area (Å²) in [4.78, 5) is 12.8. The van der Waals surface area contributed by atoms with Crippen LogP contribution in [-0.4, -0.2) is 30.1 Å². The predicted molar refractivity (Wildman–Crippen MR) is 174 cm³/mol. The Bertz CT molecular complexity index is 957. The van der Waals surface area contributed by atoms with E-state index >= 15 is 0 Å². The molecule has 232 valence electrons. The lowest BCUT2D eigenvalue weighted by Gasteiger charge is -2.38. The molecule has 1 fully saturated rings. The van der Waals surface area contributed by atoms with Crippen molar-refractivity contribution in [2.75, 3.05) is 0 Å². The fraction of sp³-hybridized carbons (Fsp3) is 0.703. The SMILES string of the molecule is C=C[C@H]([C@H]1O[C@@H]1[C@H](C)C(CC)CC)[C@H](C)/C=C/C=C(\C)[C@H]1OC(=C)CC(=O)CC[C@@](C)(CC)C([C@H](C)N)/C=C/[C@@H]1C. The molecule has 2 rings (SSSR count). The topological polar surface area (TPSA) is 64.8 Å². The maximum absolute atomic E-state index is 12.8. The fourth-order valence-electron chi connectivity index (χ4n) is 7.01. The number of ketones is 1. The van der Waals surface area contributed by atoms with Crippen LogP contribution in [0.3, 0.4) is 0 Å². The van der Waals surface area contributed by atoms with Gasteiger partial charge in [-0.3, -0.25) is 4.79 Å². The van der Waals surface area contributed by atoms with Gasteiger partial charge in [0.1, 0.15) is 11.9 Å². The van der Waals surface area contributed by atoms with Crippen molar-refractivity contribution in [3.8, 4) is 0 Å². The highest BCUT2D eigenvalue weighted by Gasteiger charge is 2.49. The Balaban J connectivity index is 2.22. The van der Waals surface area contributed by atoms with Crippen molar-refractivity contribution in [1.29, 1.82) is 0 Å². The second-order valence-corrected chi connectivity index (χ2v) is 13.4. The summed E-state index contributed by atoms with van der Waals surface area (Å²) in [5.41, 5.74) is 7.56.